The zero-order valence-electron chi connectivity index (χ0n) is 14.9. The number of nitrogens with one attached hydrogen (secondary N) is 1. The first-order valence-corrected chi connectivity index (χ1v) is 10.7. The molecule has 3 rings (SSSR count). The molecule has 0 radical (unpaired) electrons. The molecule has 1 aliphatic rings. The molecule has 0 spiro atoms. The van der Waals surface area contributed by atoms with Crippen molar-refractivity contribution in [3.63, 3.8) is 0 Å². The van der Waals surface area contributed by atoms with Crippen LogP contribution in [0, 0.1) is 11.8 Å². The summed E-state index contributed by atoms with van der Waals surface area (Å²) in [7, 11) is -3.64. The third kappa shape index (κ3) is 5.02. The van der Waals surface area contributed by atoms with Crippen molar-refractivity contribution in [2.24, 2.45) is 11.8 Å². The maximum absolute atomic E-state index is 12.8. The smallest absolute Gasteiger partial charge is 0.246 e. The molecule has 0 bridgehead atoms. The summed E-state index contributed by atoms with van der Waals surface area (Å²) in [5, 5.41) is 9.47. The molecule has 2 N–H and O–H groups in total. The Kier molecular flexibility index (Phi) is 6.56. The lowest BCUT2D eigenvalue weighted by Gasteiger charge is -2.29. The van der Waals surface area contributed by atoms with E-state index >= 15 is 0 Å². The molecular formula is C19H20ClNO6S. The number of ether oxygens (including phenoxy) is 2. The first kappa shape index (κ1) is 20.6. The van der Waals surface area contributed by atoms with Crippen LogP contribution in [0.2, 0.25) is 5.02 Å². The lowest BCUT2D eigenvalue weighted by molar-refractivity contribution is -0.138. The molecule has 2 aromatic rings. The Balaban J connectivity index is 1.71. The Hall–Kier alpha value is -2.13. The first-order valence-electron chi connectivity index (χ1n) is 8.67. The second-order valence-electron chi connectivity index (χ2n) is 6.52. The van der Waals surface area contributed by atoms with Crippen LogP contribution in [0.15, 0.2) is 53.4 Å². The van der Waals surface area contributed by atoms with Crippen molar-refractivity contribution in [1.29, 1.82) is 0 Å². The monoisotopic (exact) mass is 425 g/mol. The third-order valence-electron chi connectivity index (χ3n) is 4.59. The largest absolute Gasteiger partial charge is 0.457 e. The van der Waals surface area contributed by atoms with Gasteiger partial charge in [-0.3, -0.25) is 10.0 Å². The number of hydrogen-bond donors (Lipinski definition) is 2. The van der Waals surface area contributed by atoms with Crippen LogP contribution < -0.4 is 10.2 Å². The molecule has 1 fully saturated rings. The molecule has 1 saturated heterocycles. The van der Waals surface area contributed by atoms with E-state index in [4.69, 9.17) is 26.3 Å². The molecule has 1 amide bonds. The van der Waals surface area contributed by atoms with Gasteiger partial charge >= 0.3 is 0 Å². The van der Waals surface area contributed by atoms with E-state index in [0.717, 1.165) is 0 Å². The lowest BCUT2D eigenvalue weighted by Crippen LogP contribution is -2.41. The molecule has 1 aliphatic heterocycles. The molecule has 28 heavy (non-hydrogen) atoms. The van der Waals surface area contributed by atoms with Gasteiger partial charge in [0.2, 0.25) is 5.91 Å². The summed E-state index contributed by atoms with van der Waals surface area (Å²) >= 11 is 5.83. The van der Waals surface area contributed by atoms with E-state index in [0.29, 0.717) is 29.5 Å². The Labute approximate surface area is 168 Å². The van der Waals surface area contributed by atoms with Crippen LogP contribution in [0.3, 0.4) is 0 Å². The summed E-state index contributed by atoms with van der Waals surface area (Å²) in [5.41, 5.74) is 1.61. The normalized spacial score (nSPS) is 19.8. The Morgan fingerprint density at radius 1 is 1.14 bits per heavy atom. The highest BCUT2D eigenvalue weighted by Crippen LogP contribution is 2.28. The summed E-state index contributed by atoms with van der Waals surface area (Å²) < 4.78 is 36.5. The fourth-order valence-electron chi connectivity index (χ4n) is 3.12. The summed E-state index contributed by atoms with van der Waals surface area (Å²) in [5.74, 6) is -0.910. The average Bonchev–Trinajstić information content (AvgIpc) is 2.70. The number of benzene rings is 2. The highest BCUT2D eigenvalue weighted by atomic mass is 35.5. The number of hydroxylamine groups is 1. The van der Waals surface area contributed by atoms with Crippen LogP contribution in [-0.2, 0) is 19.4 Å². The van der Waals surface area contributed by atoms with Crippen molar-refractivity contribution >= 4 is 27.3 Å². The topological polar surface area (TPSA) is 102 Å². The highest BCUT2D eigenvalue weighted by Gasteiger charge is 2.35. The average molecular weight is 426 g/mol. The second kappa shape index (κ2) is 8.91. The molecule has 1 heterocycles. The van der Waals surface area contributed by atoms with E-state index in [2.05, 4.69) is 0 Å². The predicted molar refractivity (Wildman–Crippen MR) is 102 cm³/mol. The molecule has 2 atom stereocenters. The number of amides is 1. The molecule has 7 nitrogen and oxygen atoms in total. The van der Waals surface area contributed by atoms with E-state index in [9.17, 15) is 13.2 Å². The van der Waals surface area contributed by atoms with Crippen molar-refractivity contribution in [3.8, 4) is 11.5 Å². The van der Waals surface area contributed by atoms with Crippen LogP contribution in [0.5, 0.6) is 11.5 Å². The Bertz CT molecular complexity index is 914. The van der Waals surface area contributed by atoms with Gasteiger partial charge in [0.15, 0.2) is 9.84 Å². The van der Waals surface area contributed by atoms with E-state index in [1.807, 2.05) is 0 Å². The minimum atomic E-state index is -3.64. The Morgan fingerprint density at radius 3 is 2.36 bits per heavy atom. The Morgan fingerprint density at radius 2 is 1.75 bits per heavy atom. The van der Waals surface area contributed by atoms with Crippen LogP contribution in [0.1, 0.15) is 6.42 Å². The van der Waals surface area contributed by atoms with Crippen LogP contribution in [0.4, 0.5) is 0 Å². The zero-order valence-corrected chi connectivity index (χ0v) is 16.4. The fourth-order valence-corrected chi connectivity index (χ4v) is 4.88. The summed E-state index contributed by atoms with van der Waals surface area (Å²) in [6.07, 6.45) is 0.362. The highest BCUT2D eigenvalue weighted by molar-refractivity contribution is 7.91. The number of carbonyl (C=O) groups excluding carboxylic acids is 1. The standard InChI is InChI=1S/C19H20ClNO6S/c20-14-1-3-15(4-2-14)27-16-5-7-17(8-6-16)28(24,25)12-13-11-26-10-9-18(13)19(22)21-23/h1-8,13,18,23H,9-12H2,(H,21,22). The maximum atomic E-state index is 12.8. The third-order valence-corrected chi connectivity index (χ3v) is 6.70. The van der Waals surface area contributed by atoms with Crippen molar-refractivity contribution in [3.05, 3.63) is 53.6 Å². The summed E-state index contributed by atoms with van der Waals surface area (Å²) in [6, 6.07) is 12.9. The number of hydrogen-bond acceptors (Lipinski definition) is 6. The van der Waals surface area contributed by atoms with Crippen molar-refractivity contribution < 1.29 is 27.9 Å². The van der Waals surface area contributed by atoms with Gasteiger partial charge in [-0.15, -0.1) is 0 Å². The molecule has 2 unspecified atom stereocenters. The van der Waals surface area contributed by atoms with Crippen molar-refractivity contribution in [2.75, 3.05) is 19.0 Å². The van der Waals surface area contributed by atoms with Gasteiger partial charge in [-0.25, -0.2) is 13.9 Å². The molecule has 0 aliphatic carbocycles. The number of rotatable bonds is 6. The van der Waals surface area contributed by atoms with Gasteiger partial charge in [-0.05, 0) is 55.0 Å². The van der Waals surface area contributed by atoms with E-state index < -0.39 is 27.6 Å². The maximum Gasteiger partial charge on any atom is 0.246 e. The van der Waals surface area contributed by atoms with Crippen LogP contribution in [0.25, 0.3) is 0 Å². The van der Waals surface area contributed by atoms with Gasteiger partial charge in [0.25, 0.3) is 0 Å². The molecule has 150 valence electrons. The predicted octanol–water partition coefficient (Wildman–Crippen LogP) is 3.06. The molecule has 9 heteroatoms. The summed E-state index contributed by atoms with van der Waals surface area (Å²) in [6.45, 7) is 0.500. The first-order chi connectivity index (χ1) is 13.4. The molecule has 2 aromatic carbocycles. The van der Waals surface area contributed by atoms with Gasteiger partial charge in [-0.2, -0.15) is 0 Å². The summed E-state index contributed by atoms with van der Waals surface area (Å²) in [4.78, 5) is 11.9. The van der Waals surface area contributed by atoms with Crippen molar-refractivity contribution in [2.45, 2.75) is 11.3 Å². The zero-order chi connectivity index (χ0) is 20.1. The second-order valence-corrected chi connectivity index (χ2v) is 8.99. The van der Waals surface area contributed by atoms with Gasteiger partial charge in [0.05, 0.1) is 17.3 Å². The van der Waals surface area contributed by atoms with Gasteiger partial charge < -0.3 is 9.47 Å². The lowest BCUT2D eigenvalue weighted by atomic mass is 9.89. The quantitative estimate of drug-likeness (QED) is 0.544. The molecular weight excluding hydrogens is 406 g/mol. The number of sulfone groups is 1. The fraction of sp³-hybridized carbons (Fsp3) is 0.316. The minimum absolute atomic E-state index is 0.129. The SMILES string of the molecule is O=C(NO)C1CCOCC1CS(=O)(=O)c1ccc(Oc2ccc(Cl)cc2)cc1. The van der Waals surface area contributed by atoms with Gasteiger partial charge in [-0.1, -0.05) is 11.6 Å². The van der Waals surface area contributed by atoms with E-state index in [1.54, 1.807) is 41.9 Å². The number of carbonyl (C=O) groups is 1. The van der Waals surface area contributed by atoms with Crippen LogP contribution >= 0.6 is 11.6 Å². The van der Waals surface area contributed by atoms with E-state index in [-0.39, 0.29) is 17.3 Å². The minimum Gasteiger partial charge on any atom is -0.457 e. The molecule has 0 aromatic heterocycles. The molecule has 0 saturated carbocycles. The van der Waals surface area contributed by atoms with Gasteiger partial charge in [0.1, 0.15) is 11.5 Å². The van der Waals surface area contributed by atoms with Gasteiger partial charge in [0, 0.05) is 23.5 Å². The van der Waals surface area contributed by atoms with Crippen LogP contribution in [-0.4, -0.2) is 38.5 Å². The number of halogens is 1. The van der Waals surface area contributed by atoms with Crippen molar-refractivity contribution in [1.82, 2.24) is 5.48 Å². The van der Waals surface area contributed by atoms with E-state index in [1.165, 1.54) is 12.1 Å².